The molecule has 0 spiro atoms. The lowest BCUT2D eigenvalue weighted by atomic mass is 9.84. The summed E-state index contributed by atoms with van der Waals surface area (Å²) in [5.41, 5.74) is 0.0773. The fourth-order valence-electron chi connectivity index (χ4n) is 4.48. The van der Waals surface area contributed by atoms with Crippen LogP contribution in [0.3, 0.4) is 0 Å². The Hall–Kier alpha value is -1.96. The van der Waals surface area contributed by atoms with Crippen molar-refractivity contribution in [2.75, 3.05) is 6.61 Å². The fourth-order valence-corrected chi connectivity index (χ4v) is 5.34. The van der Waals surface area contributed by atoms with Gasteiger partial charge in [-0.2, -0.15) is 0 Å². The molecule has 1 aliphatic carbocycles. The Morgan fingerprint density at radius 1 is 1.29 bits per heavy atom. The van der Waals surface area contributed by atoms with Crippen molar-refractivity contribution < 1.29 is 24.5 Å². The Morgan fingerprint density at radius 3 is 2.86 bits per heavy atom. The van der Waals surface area contributed by atoms with Gasteiger partial charge in [0.1, 0.15) is 16.9 Å². The van der Waals surface area contributed by atoms with E-state index in [1.165, 1.54) is 11.3 Å². The van der Waals surface area contributed by atoms with Crippen molar-refractivity contribution in [3.63, 3.8) is 0 Å². The van der Waals surface area contributed by atoms with Gasteiger partial charge in [0.05, 0.1) is 18.8 Å². The van der Waals surface area contributed by atoms with Crippen molar-refractivity contribution in [3.05, 3.63) is 46.4 Å². The van der Waals surface area contributed by atoms with Gasteiger partial charge in [0.2, 0.25) is 0 Å². The van der Waals surface area contributed by atoms with Crippen molar-refractivity contribution in [1.29, 1.82) is 0 Å². The van der Waals surface area contributed by atoms with E-state index in [0.717, 1.165) is 36.4 Å². The Kier molecular flexibility index (Phi) is 5.94. The fraction of sp³-hybridized carbons (Fsp3) is 0.524. The van der Waals surface area contributed by atoms with E-state index >= 15 is 0 Å². The van der Waals surface area contributed by atoms with E-state index in [1.54, 1.807) is 5.38 Å². The predicted octanol–water partition coefficient (Wildman–Crippen LogP) is 3.92. The van der Waals surface area contributed by atoms with E-state index in [-0.39, 0.29) is 29.9 Å². The highest BCUT2D eigenvalue weighted by Crippen LogP contribution is 2.47. The minimum Gasteiger partial charge on any atom is -0.494 e. The molecule has 0 amide bonds. The van der Waals surface area contributed by atoms with Crippen LogP contribution in [0.2, 0.25) is 0 Å². The average molecular weight is 404 g/mol. The lowest BCUT2D eigenvalue weighted by Crippen LogP contribution is -2.30. The largest absolute Gasteiger partial charge is 0.494 e. The molecule has 1 aromatic carbocycles. The van der Waals surface area contributed by atoms with Crippen LogP contribution in [0.1, 0.15) is 53.7 Å². The third kappa shape index (κ3) is 4.21. The summed E-state index contributed by atoms with van der Waals surface area (Å²) in [6.45, 7) is 0.644. The number of rotatable bonds is 7. The molecule has 6 nitrogen and oxygen atoms in total. The first-order valence-corrected chi connectivity index (χ1v) is 10.7. The first kappa shape index (κ1) is 19.4. The van der Waals surface area contributed by atoms with Crippen LogP contribution in [-0.4, -0.2) is 40.0 Å². The quantitative estimate of drug-likeness (QED) is 0.681. The number of aliphatic hydroxyl groups excluding tert-OH is 1. The van der Waals surface area contributed by atoms with Gasteiger partial charge in [-0.1, -0.05) is 18.2 Å². The Morgan fingerprint density at radius 2 is 2.11 bits per heavy atom. The molecule has 2 aliphatic rings. The highest BCUT2D eigenvalue weighted by molar-refractivity contribution is 7.09. The SMILES string of the molecule is O=C(O)c1csc([C@H]2CC[C@@H]3[C@@H](CCCOc4ccccc4)[C@H](O)C[C@@H]3O2)n1. The van der Waals surface area contributed by atoms with Gasteiger partial charge in [0.15, 0.2) is 5.69 Å². The summed E-state index contributed by atoms with van der Waals surface area (Å²) in [5, 5.41) is 21.9. The Bertz CT molecular complexity index is 795. The number of hydrogen-bond acceptors (Lipinski definition) is 6. The van der Waals surface area contributed by atoms with Crippen LogP contribution in [0.4, 0.5) is 0 Å². The minimum atomic E-state index is -1.01. The number of aromatic nitrogens is 1. The zero-order valence-corrected chi connectivity index (χ0v) is 16.4. The van der Waals surface area contributed by atoms with Crippen molar-refractivity contribution in [1.82, 2.24) is 4.98 Å². The van der Waals surface area contributed by atoms with Crippen molar-refractivity contribution in [3.8, 4) is 5.75 Å². The van der Waals surface area contributed by atoms with Gasteiger partial charge in [-0.25, -0.2) is 9.78 Å². The molecular weight excluding hydrogens is 378 g/mol. The van der Waals surface area contributed by atoms with Gasteiger partial charge in [-0.15, -0.1) is 11.3 Å². The second kappa shape index (κ2) is 8.59. The zero-order chi connectivity index (χ0) is 19.5. The number of carboxylic acid groups (broad SMARTS) is 1. The molecule has 1 saturated carbocycles. The number of aliphatic hydroxyl groups is 1. The number of hydrogen-bond donors (Lipinski definition) is 2. The van der Waals surface area contributed by atoms with Gasteiger partial charge in [-0.05, 0) is 49.7 Å². The molecule has 2 N–H and O–H groups in total. The smallest absolute Gasteiger partial charge is 0.355 e. The third-order valence-corrected chi connectivity index (χ3v) is 6.74. The number of fused-ring (bicyclic) bond motifs is 1. The maximum atomic E-state index is 11.0. The second-order valence-electron chi connectivity index (χ2n) is 7.55. The number of carbonyl (C=O) groups is 1. The summed E-state index contributed by atoms with van der Waals surface area (Å²) in [6, 6.07) is 9.77. The molecule has 2 fully saturated rings. The number of carboxylic acids is 1. The van der Waals surface area contributed by atoms with Crippen molar-refractivity contribution in [2.45, 2.75) is 50.4 Å². The number of para-hydroxylation sites is 1. The normalized spacial score (nSPS) is 29.4. The highest BCUT2D eigenvalue weighted by atomic mass is 32.1. The van der Waals surface area contributed by atoms with Gasteiger partial charge in [0, 0.05) is 11.8 Å². The topological polar surface area (TPSA) is 88.9 Å². The van der Waals surface area contributed by atoms with E-state index in [9.17, 15) is 9.90 Å². The van der Waals surface area contributed by atoms with Crippen molar-refractivity contribution in [2.24, 2.45) is 11.8 Å². The lowest BCUT2D eigenvalue weighted by Gasteiger charge is -2.34. The number of thiazole rings is 1. The lowest BCUT2D eigenvalue weighted by molar-refractivity contribution is -0.0796. The van der Waals surface area contributed by atoms with Crippen molar-refractivity contribution >= 4 is 17.3 Å². The van der Waals surface area contributed by atoms with Crippen LogP contribution in [0.5, 0.6) is 5.75 Å². The molecule has 150 valence electrons. The molecular formula is C21H25NO5S. The molecule has 4 rings (SSSR count). The maximum absolute atomic E-state index is 11.0. The molecule has 1 aliphatic heterocycles. The van der Waals surface area contributed by atoms with E-state index in [1.807, 2.05) is 30.3 Å². The first-order chi connectivity index (χ1) is 13.6. The maximum Gasteiger partial charge on any atom is 0.355 e. The van der Waals surface area contributed by atoms with Gasteiger partial charge in [0.25, 0.3) is 0 Å². The first-order valence-electron chi connectivity index (χ1n) is 9.82. The number of ether oxygens (including phenoxy) is 2. The standard InChI is InChI=1S/C21H25NO5S/c23-17-11-19-15(14(17)7-4-10-26-13-5-2-1-3-6-13)8-9-18(27-19)20-22-16(12-28-20)21(24)25/h1-3,5-6,12,14-15,17-19,23H,4,7-11H2,(H,24,25)/t14-,15-,17-,18-,19+/m1/s1. The molecule has 28 heavy (non-hydrogen) atoms. The second-order valence-corrected chi connectivity index (χ2v) is 8.44. The zero-order valence-electron chi connectivity index (χ0n) is 15.6. The van der Waals surface area contributed by atoms with E-state index in [2.05, 4.69) is 4.98 Å². The van der Waals surface area contributed by atoms with Crippen LogP contribution in [0.15, 0.2) is 35.7 Å². The summed E-state index contributed by atoms with van der Waals surface area (Å²) in [6.07, 6.45) is 3.76. The van der Waals surface area contributed by atoms with Crippen LogP contribution < -0.4 is 4.74 Å². The molecule has 0 unspecified atom stereocenters. The van der Waals surface area contributed by atoms with Gasteiger partial charge in [-0.3, -0.25) is 0 Å². The molecule has 2 heterocycles. The van der Waals surface area contributed by atoms with Crippen LogP contribution >= 0.6 is 11.3 Å². The van der Waals surface area contributed by atoms with E-state index in [0.29, 0.717) is 18.9 Å². The monoisotopic (exact) mass is 403 g/mol. The summed E-state index contributed by atoms with van der Waals surface area (Å²) in [7, 11) is 0. The molecule has 5 atom stereocenters. The average Bonchev–Trinajstić information content (AvgIpc) is 3.30. The van der Waals surface area contributed by atoms with Gasteiger partial charge < -0.3 is 19.7 Å². The summed E-state index contributed by atoms with van der Waals surface area (Å²) in [4.78, 5) is 15.2. The number of nitrogens with zero attached hydrogens (tertiary/aromatic N) is 1. The van der Waals surface area contributed by atoms with E-state index in [4.69, 9.17) is 14.6 Å². The molecule has 0 bridgehead atoms. The van der Waals surface area contributed by atoms with Crippen LogP contribution in [-0.2, 0) is 4.74 Å². The molecule has 2 aromatic rings. The van der Waals surface area contributed by atoms with E-state index < -0.39 is 5.97 Å². The summed E-state index contributed by atoms with van der Waals surface area (Å²) in [5.74, 6) is 0.448. The molecule has 1 saturated heterocycles. The minimum absolute atomic E-state index is 0.0194. The predicted molar refractivity (Wildman–Crippen MR) is 105 cm³/mol. The van der Waals surface area contributed by atoms with Crippen LogP contribution in [0.25, 0.3) is 0 Å². The van der Waals surface area contributed by atoms with Gasteiger partial charge >= 0.3 is 5.97 Å². The molecule has 0 radical (unpaired) electrons. The van der Waals surface area contributed by atoms with Crippen LogP contribution in [0, 0.1) is 11.8 Å². The highest BCUT2D eigenvalue weighted by Gasteiger charge is 2.46. The number of benzene rings is 1. The summed E-state index contributed by atoms with van der Waals surface area (Å²) >= 11 is 1.34. The molecule has 1 aromatic heterocycles. The Balaban J connectivity index is 1.29. The summed E-state index contributed by atoms with van der Waals surface area (Å²) < 4.78 is 12.0. The Labute approximate surface area is 168 Å². The number of aromatic carboxylic acids is 1. The molecule has 7 heteroatoms. The third-order valence-electron chi connectivity index (χ3n) is 5.81.